The number of hydrogen-bond acceptors (Lipinski definition) is 6. The maximum Gasteiger partial charge on any atom is 0.306 e. The fourth-order valence-electron chi connectivity index (χ4n) is 6.35. The molecule has 57 heavy (non-hydrogen) atoms. The van der Waals surface area contributed by atoms with E-state index < -0.39 is 6.10 Å². The second-order valence-electron chi connectivity index (χ2n) is 15.7. The van der Waals surface area contributed by atoms with E-state index in [2.05, 4.69) is 81.5 Å². The molecule has 0 radical (unpaired) electrons. The van der Waals surface area contributed by atoms with E-state index in [1.165, 1.54) is 89.9 Å². The zero-order chi connectivity index (χ0) is 41.5. The third-order valence-corrected chi connectivity index (χ3v) is 9.99. The van der Waals surface area contributed by atoms with E-state index in [9.17, 15) is 14.4 Å². The minimum atomic E-state index is -0.793. The van der Waals surface area contributed by atoms with Gasteiger partial charge in [0.2, 0.25) is 0 Å². The van der Waals surface area contributed by atoms with Crippen LogP contribution in [0.15, 0.2) is 60.8 Å². The molecular weight excluding hydrogens is 709 g/mol. The van der Waals surface area contributed by atoms with E-state index in [-0.39, 0.29) is 31.1 Å². The van der Waals surface area contributed by atoms with Gasteiger partial charge in [-0.2, -0.15) is 0 Å². The quantitative estimate of drug-likeness (QED) is 0.0265. The summed E-state index contributed by atoms with van der Waals surface area (Å²) in [5, 5.41) is 0. The maximum atomic E-state index is 12.7. The van der Waals surface area contributed by atoms with Crippen LogP contribution in [0.3, 0.4) is 0 Å². The molecule has 0 spiro atoms. The van der Waals surface area contributed by atoms with Crippen LogP contribution in [-0.2, 0) is 28.6 Å². The minimum absolute atomic E-state index is 0.0911. The molecule has 0 fully saturated rings. The smallest absolute Gasteiger partial charge is 0.306 e. The molecule has 0 amide bonds. The van der Waals surface area contributed by atoms with Crippen molar-refractivity contribution in [1.29, 1.82) is 0 Å². The Balaban J connectivity index is 4.46. The van der Waals surface area contributed by atoms with Crippen LogP contribution in [0.2, 0.25) is 0 Å². The van der Waals surface area contributed by atoms with Crippen LogP contribution in [0.1, 0.15) is 226 Å². The van der Waals surface area contributed by atoms with Gasteiger partial charge in [-0.15, -0.1) is 0 Å². The molecule has 0 aliphatic heterocycles. The molecule has 1 atom stereocenters. The van der Waals surface area contributed by atoms with Gasteiger partial charge in [0.1, 0.15) is 13.2 Å². The molecule has 6 heteroatoms. The van der Waals surface area contributed by atoms with Crippen LogP contribution in [0, 0.1) is 0 Å². The molecule has 0 N–H and O–H groups in total. The first kappa shape index (κ1) is 54.1. The molecule has 0 saturated carbocycles. The van der Waals surface area contributed by atoms with E-state index in [1.807, 2.05) is 0 Å². The predicted molar refractivity (Wildman–Crippen MR) is 242 cm³/mol. The Morgan fingerprint density at radius 3 is 1.11 bits per heavy atom. The standard InChI is InChI=1S/C51H88O6/c1-4-7-10-13-16-19-22-24-26-28-29-32-35-38-41-44-50(53)56-47-48(46-55-49(52)43-40-37-34-31-21-18-15-12-9-6-3)57-51(54)45-42-39-36-33-30-27-25-23-20-17-14-11-8-5-2/h14,16-17,19,23-26,29,32,48H,4-13,15,18,20-22,27-28,30-31,33-47H2,1-3H3/b17-14-,19-16-,25-23-,26-24-,32-29-/t48-/m1/s1. The Kier molecular flexibility index (Phi) is 43.5. The normalized spacial score (nSPS) is 12.5. The third-order valence-electron chi connectivity index (χ3n) is 9.99. The number of unbranched alkanes of at least 4 members (excludes halogenated alkanes) is 21. The van der Waals surface area contributed by atoms with E-state index in [0.717, 1.165) is 96.3 Å². The number of rotatable bonds is 42. The van der Waals surface area contributed by atoms with Crippen LogP contribution in [-0.4, -0.2) is 37.2 Å². The summed E-state index contributed by atoms with van der Waals surface area (Å²) in [6.07, 6.45) is 54.8. The zero-order valence-corrected chi connectivity index (χ0v) is 37.3. The first-order valence-corrected chi connectivity index (χ1v) is 23.8. The van der Waals surface area contributed by atoms with Crippen LogP contribution in [0.5, 0.6) is 0 Å². The summed E-state index contributed by atoms with van der Waals surface area (Å²) in [5.41, 5.74) is 0. The number of esters is 3. The number of carbonyl (C=O) groups is 3. The molecule has 0 saturated heterocycles. The second-order valence-corrected chi connectivity index (χ2v) is 15.7. The van der Waals surface area contributed by atoms with Gasteiger partial charge in [-0.1, -0.05) is 184 Å². The Hall–Kier alpha value is -2.89. The Morgan fingerprint density at radius 2 is 0.649 bits per heavy atom. The lowest BCUT2D eigenvalue weighted by molar-refractivity contribution is -0.167. The average Bonchev–Trinajstić information content (AvgIpc) is 3.21. The summed E-state index contributed by atoms with van der Waals surface area (Å²) in [6.45, 7) is 6.50. The lowest BCUT2D eigenvalue weighted by Gasteiger charge is -2.18. The van der Waals surface area contributed by atoms with Crippen molar-refractivity contribution < 1.29 is 28.6 Å². The van der Waals surface area contributed by atoms with Crippen molar-refractivity contribution in [3.05, 3.63) is 60.8 Å². The Labute approximate surface area is 351 Å². The molecule has 0 aromatic carbocycles. The molecule has 0 unspecified atom stereocenters. The van der Waals surface area contributed by atoms with Crippen molar-refractivity contribution in [3.63, 3.8) is 0 Å². The van der Waals surface area contributed by atoms with Gasteiger partial charge in [-0.05, 0) is 83.5 Å². The van der Waals surface area contributed by atoms with Crippen molar-refractivity contribution in [1.82, 2.24) is 0 Å². The van der Waals surface area contributed by atoms with Crippen molar-refractivity contribution in [2.24, 2.45) is 0 Å². The van der Waals surface area contributed by atoms with Gasteiger partial charge in [0, 0.05) is 19.3 Å². The number of allylic oxidation sites excluding steroid dienone is 10. The van der Waals surface area contributed by atoms with E-state index in [4.69, 9.17) is 14.2 Å². The second kappa shape index (κ2) is 45.8. The van der Waals surface area contributed by atoms with Gasteiger partial charge in [-0.3, -0.25) is 14.4 Å². The first-order chi connectivity index (χ1) is 28.0. The van der Waals surface area contributed by atoms with Crippen molar-refractivity contribution in [2.45, 2.75) is 232 Å². The zero-order valence-electron chi connectivity index (χ0n) is 37.3. The molecule has 328 valence electrons. The van der Waals surface area contributed by atoms with Crippen LogP contribution in [0.4, 0.5) is 0 Å². The number of ether oxygens (including phenoxy) is 3. The molecule has 0 aliphatic rings. The van der Waals surface area contributed by atoms with Gasteiger partial charge >= 0.3 is 17.9 Å². The summed E-state index contributed by atoms with van der Waals surface area (Å²) >= 11 is 0. The topological polar surface area (TPSA) is 78.9 Å². The van der Waals surface area contributed by atoms with Gasteiger partial charge in [-0.25, -0.2) is 0 Å². The number of carbonyl (C=O) groups excluding carboxylic acids is 3. The highest BCUT2D eigenvalue weighted by Gasteiger charge is 2.19. The summed E-state index contributed by atoms with van der Waals surface area (Å²) in [6, 6.07) is 0. The SMILES string of the molecule is CCCC/C=C\C/C=C\CCCCCCCC(=O)O[C@@H](COC(=O)CCCC/C=C\C/C=C\C/C=C\CCCCC)COC(=O)CCCCCCCCCCCC. The highest BCUT2D eigenvalue weighted by molar-refractivity contribution is 5.71. The van der Waals surface area contributed by atoms with Crippen molar-refractivity contribution in [2.75, 3.05) is 13.2 Å². The fourth-order valence-corrected chi connectivity index (χ4v) is 6.35. The first-order valence-electron chi connectivity index (χ1n) is 23.8. The average molecular weight is 797 g/mol. The summed E-state index contributed by atoms with van der Waals surface area (Å²) in [5.74, 6) is -0.948. The lowest BCUT2D eigenvalue weighted by atomic mass is 10.1. The molecule has 0 heterocycles. The molecule has 6 nitrogen and oxygen atoms in total. The summed E-state index contributed by atoms with van der Waals surface area (Å²) in [7, 11) is 0. The molecule has 0 aliphatic carbocycles. The van der Waals surface area contributed by atoms with E-state index in [1.54, 1.807) is 0 Å². The predicted octanol–water partition coefficient (Wildman–Crippen LogP) is 15.3. The van der Waals surface area contributed by atoms with Gasteiger partial charge in [0.15, 0.2) is 6.10 Å². The molecule has 0 rings (SSSR count). The Morgan fingerprint density at radius 1 is 0.351 bits per heavy atom. The lowest BCUT2D eigenvalue weighted by Crippen LogP contribution is -2.30. The number of hydrogen-bond donors (Lipinski definition) is 0. The van der Waals surface area contributed by atoms with Gasteiger partial charge in [0.25, 0.3) is 0 Å². The molecular formula is C51H88O6. The summed E-state index contributed by atoms with van der Waals surface area (Å²) < 4.78 is 16.7. The third kappa shape index (κ3) is 44.1. The van der Waals surface area contributed by atoms with E-state index in [0.29, 0.717) is 19.3 Å². The van der Waals surface area contributed by atoms with Gasteiger partial charge in [0.05, 0.1) is 0 Å². The Bertz CT molecular complexity index is 1050. The largest absolute Gasteiger partial charge is 0.462 e. The monoisotopic (exact) mass is 797 g/mol. The summed E-state index contributed by atoms with van der Waals surface area (Å²) in [4.78, 5) is 37.8. The van der Waals surface area contributed by atoms with Crippen LogP contribution < -0.4 is 0 Å². The van der Waals surface area contributed by atoms with Gasteiger partial charge < -0.3 is 14.2 Å². The molecule has 0 aromatic rings. The highest BCUT2D eigenvalue weighted by atomic mass is 16.6. The van der Waals surface area contributed by atoms with Crippen molar-refractivity contribution in [3.8, 4) is 0 Å². The van der Waals surface area contributed by atoms with Crippen molar-refractivity contribution >= 4 is 17.9 Å². The molecule has 0 bridgehead atoms. The minimum Gasteiger partial charge on any atom is -0.462 e. The molecule has 0 aromatic heterocycles. The van der Waals surface area contributed by atoms with E-state index >= 15 is 0 Å². The van der Waals surface area contributed by atoms with Crippen LogP contribution in [0.25, 0.3) is 0 Å². The maximum absolute atomic E-state index is 12.7. The van der Waals surface area contributed by atoms with Crippen LogP contribution >= 0.6 is 0 Å². The highest BCUT2D eigenvalue weighted by Crippen LogP contribution is 2.13. The fraction of sp³-hybridized carbons (Fsp3) is 0.745.